The molecule has 0 saturated heterocycles. The largest absolute Gasteiger partial charge is 0.506 e. The van der Waals surface area contributed by atoms with E-state index in [9.17, 15) is 14.7 Å². The molecule has 1 aromatic heterocycles. The van der Waals surface area contributed by atoms with Crippen molar-refractivity contribution in [3.8, 4) is 5.75 Å². The summed E-state index contributed by atoms with van der Waals surface area (Å²) < 4.78 is 4.81. The molecule has 0 aliphatic carbocycles. The highest BCUT2D eigenvalue weighted by Crippen LogP contribution is 2.27. The first-order valence-electron chi connectivity index (χ1n) is 4.04. The lowest BCUT2D eigenvalue weighted by atomic mass is 10.1. The second kappa shape index (κ2) is 3.40. The van der Waals surface area contributed by atoms with Gasteiger partial charge in [-0.3, -0.25) is 4.79 Å². The molecule has 0 amide bonds. The van der Waals surface area contributed by atoms with Crippen LogP contribution < -0.4 is 5.63 Å². The van der Waals surface area contributed by atoms with Crippen molar-refractivity contribution in [3.63, 3.8) is 0 Å². The third kappa shape index (κ3) is 1.49. The van der Waals surface area contributed by atoms with Crippen molar-refractivity contribution < 1.29 is 14.3 Å². The standard InChI is InChI=1S/C10H5ClO4/c11-5-1-2-8-6(3-5)9(13)7(4-12)10(14)15-8/h1-4,13H. The summed E-state index contributed by atoms with van der Waals surface area (Å²) in [6.07, 6.45) is 0.251. The van der Waals surface area contributed by atoms with Gasteiger partial charge in [-0.15, -0.1) is 0 Å². The lowest BCUT2D eigenvalue weighted by Crippen LogP contribution is -2.06. The van der Waals surface area contributed by atoms with Crippen LogP contribution in [0.3, 0.4) is 0 Å². The van der Waals surface area contributed by atoms with E-state index in [0.29, 0.717) is 5.02 Å². The van der Waals surface area contributed by atoms with Gasteiger partial charge in [-0.2, -0.15) is 0 Å². The fraction of sp³-hybridized carbons (Fsp3) is 0. The van der Waals surface area contributed by atoms with Gasteiger partial charge in [0.2, 0.25) is 0 Å². The first kappa shape index (κ1) is 9.73. The minimum absolute atomic E-state index is 0.188. The molecule has 15 heavy (non-hydrogen) atoms. The molecular formula is C10H5ClO4. The lowest BCUT2D eigenvalue weighted by molar-refractivity contribution is 0.111. The van der Waals surface area contributed by atoms with E-state index >= 15 is 0 Å². The van der Waals surface area contributed by atoms with Gasteiger partial charge in [-0.05, 0) is 18.2 Å². The van der Waals surface area contributed by atoms with Gasteiger partial charge in [-0.25, -0.2) is 4.79 Å². The Morgan fingerprint density at radius 1 is 1.40 bits per heavy atom. The van der Waals surface area contributed by atoms with E-state index in [4.69, 9.17) is 16.0 Å². The highest BCUT2D eigenvalue weighted by Gasteiger charge is 2.12. The highest BCUT2D eigenvalue weighted by atomic mass is 35.5. The predicted octanol–water partition coefficient (Wildman–Crippen LogP) is 1.96. The van der Waals surface area contributed by atoms with Crippen molar-refractivity contribution in [2.24, 2.45) is 0 Å². The molecule has 2 rings (SSSR count). The summed E-state index contributed by atoms with van der Waals surface area (Å²) in [4.78, 5) is 21.7. The molecule has 1 aromatic carbocycles. The molecule has 2 aromatic rings. The van der Waals surface area contributed by atoms with Crippen LogP contribution in [-0.2, 0) is 0 Å². The lowest BCUT2D eigenvalue weighted by Gasteiger charge is -2.01. The summed E-state index contributed by atoms with van der Waals surface area (Å²) in [5.41, 5.74) is -1.07. The number of halogens is 1. The molecule has 0 saturated carbocycles. The molecule has 0 radical (unpaired) electrons. The molecule has 0 atom stereocenters. The molecule has 76 valence electrons. The average Bonchev–Trinajstić information content (AvgIpc) is 2.20. The van der Waals surface area contributed by atoms with Crippen LogP contribution >= 0.6 is 11.6 Å². The Balaban J connectivity index is 2.98. The molecule has 0 fully saturated rings. The zero-order chi connectivity index (χ0) is 11.0. The Morgan fingerprint density at radius 2 is 2.13 bits per heavy atom. The van der Waals surface area contributed by atoms with E-state index in [0.717, 1.165) is 0 Å². The van der Waals surface area contributed by atoms with E-state index in [2.05, 4.69) is 0 Å². The number of carbonyl (C=O) groups excluding carboxylic acids is 1. The van der Waals surface area contributed by atoms with Crippen LogP contribution in [-0.4, -0.2) is 11.4 Å². The second-order valence-corrected chi connectivity index (χ2v) is 3.35. The van der Waals surface area contributed by atoms with Crippen molar-refractivity contribution in [3.05, 3.63) is 39.2 Å². The van der Waals surface area contributed by atoms with Crippen LogP contribution in [0.15, 0.2) is 27.4 Å². The first-order chi connectivity index (χ1) is 7.13. The number of hydrogen-bond acceptors (Lipinski definition) is 4. The number of fused-ring (bicyclic) bond motifs is 1. The smallest absolute Gasteiger partial charge is 0.350 e. The molecule has 1 N–H and O–H groups in total. The van der Waals surface area contributed by atoms with Crippen LogP contribution in [0, 0.1) is 0 Å². The Morgan fingerprint density at radius 3 is 2.80 bits per heavy atom. The molecule has 0 unspecified atom stereocenters. The summed E-state index contributed by atoms with van der Waals surface area (Å²) >= 11 is 5.71. The molecule has 0 aliphatic rings. The Hall–Kier alpha value is -1.81. The van der Waals surface area contributed by atoms with Crippen molar-refractivity contribution in [1.82, 2.24) is 0 Å². The van der Waals surface area contributed by atoms with Crippen molar-refractivity contribution in [1.29, 1.82) is 0 Å². The van der Waals surface area contributed by atoms with Crippen molar-refractivity contribution >= 4 is 28.9 Å². The minimum atomic E-state index is -0.864. The van der Waals surface area contributed by atoms with Crippen LogP contribution in [0.2, 0.25) is 5.02 Å². The van der Waals surface area contributed by atoms with Gasteiger partial charge in [0.1, 0.15) is 16.9 Å². The van der Waals surface area contributed by atoms with Crippen molar-refractivity contribution in [2.75, 3.05) is 0 Å². The monoisotopic (exact) mass is 224 g/mol. The molecule has 5 heteroatoms. The summed E-state index contributed by atoms with van der Waals surface area (Å²) in [5, 5.41) is 10.2. The number of benzene rings is 1. The minimum Gasteiger partial charge on any atom is -0.506 e. The average molecular weight is 225 g/mol. The van der Waals surface area contributed by atoms with E-state index in [1.165, 1.54) is 18.2 Å². The molecular weight excluding hydrogens is 220 g/mol. The maximum Gasteiger partial charge on any atom is 0.350 e. The summed E-state index contributed by atoms with van der Waals surface area (Å²) in [5.74, 6) is -0.404. The van der Waals surface area contributed by atoms with Crippen molar-refractivity contribution in [2.45, 2.75) is 0 Å². The van der Waals surface area contributed by atoms with Crippen LogP contribution in [0.25, 0.3) is 11.0 Å². The van der Waals surface area contributed by atoms with Crippen LogP contribution in [0.4, 0.5) is 0 Å². The molecule has 4 nitrogen and oxygen atoms in total. The third-order valence-electron chi connectivity index (χ3n) is 1.99. The number of aromatic hydroxyl groups is 1. The Bertz CT molecular complexity index is 600. The van der Waals surface area contributed by atoms with Gasteiger partial charge in [-0.1, -0.05) is 11.6 Å². The summed E-state index contributed by atoms with van der Waals surface area (Å²) in [6.45, 7) is 0. The number of carbonyl (C=O) groups is 1. The van der Waals surface area contributed by atoms with Gasteiger partial charge >= 0.3 is 5.63 Å². The van der Waals surface area contributed by atoms with Gasteiger partial charge < -0.3 is 9.52 Å². The number of rotatable bonds is 1. The van der Waals surface area contributed by atoms with Gasteiger partial charge in [0.05, 0.1) is 5.39 Å². The zero-order valence-corrected chi connectivity index (χ0v) is 8.12. The second-order valence-electron chi connectivity index (χ2n) is 2.91. The number of aldehydes is 1. The quantitative estimate of drug-likeness (QED) is 0.594. The van der Waals surface area contributed by atoms with E-state index < -0.39 is 16.9 Å². The topological polar surface area (TPSA) is 67.5 Å². The SMILES string of the molecule is O=Cc1c(O)c2cc(Cl)ccc2oc1=O. The summed E-state index contributed by atoms with van der Waals surface area (Å²) in [7, 11) is 0. The first-order valence-corrected chi connectivity index (χ1v) is 4.42. The zero-order valence-electron chi connectivity index (χ0n) is 7.36. The third-order valence-corrected chi connectivity index (χ3v) is 2.23. The normalized spacial score (nSPS) is 10.5. The maximum absolute atomic E-state index is 11.2. The van der Waals surface area contributed by atoms with E-state index in [1.54, 1.807) is 0 Å². The molecule has 0 bridgehead atoms. The van der Waals surface area contributed by atoms with E-state index in [-0.39, 0.29) is 17.3 Å². The molecule has 0 spiro atoms. The maximum atomic E-state index is 11.2. The molecule has 0 aliphatic heterocycles. The van der Waals surface area contributed by atoms with E-state index in [1.807, 2.05) is 0 Å². The van der Waals surface area contributed by atoms with Crippen LogP contribution in [0.5, 0.6) is 5.75 Å². The number of hydrogen-bond donors (Lipinski definition) is 1. The van der Waals surface area contributed by atoms with Gasteiger partial charge in [0.15, 0.2) is 6.29 Å². The Labute approximate surface area is 88.7 Å². The fourth-order valence-corrected chi connectivity index (χ4v) is 1.45. The molecule has 1 heterocycles. The van der Waals surface area contributed by atoms with Gasteiger partial charge in [0.25, 0.3) is 0 Å². The highest BCUT2D eigenvalue weighted by molar-refractivity contribution is 6.31. The van der Waals surface area contributed by atoms with Crippen LogP contribution in [0.1, 0.15) is 10.4 Å². The predicted molar refractivity (Wildman–Crippen MR) is 54.5 cm³/mol. The van der Waals surface area contributed by atoms with Gasteiger partial charge in [0, 0.05) is 5.02 Å². The Kier molecular flexibility index (Phi) is 2.21. The summed E-state index contributed by atoms with van der Waals surface area (Å²) in [6, 6.07) is 4.39. The fourth-order valence-electron chi connectivity index (χ4n) is 1.28.